The number of thioether (sulfide) groups is 1. The van der Waals surface area contributed by atoms with Crippen LogP contribution >= 0.6 is 11.8 Å². The first kappa shape index (κ1) is 25.6. The number of nitrogens with zero attached hydrogens (tertiary/aromatic N) is 1. The summed E-state index contributed by atoms with van der Waals surface area (Å²) >= 11 is 1.78. The van der Waals surface area contributed by atoms with Crippen LogP contribution in [0.4, 0.5) is 0 Å². The van der Waals surface area contributed by atoms with Crippen LogP contribution in [0.25, 0.3) is 0 Å². The lowest BCUT2D eigenvalue weighted by Crippen LogP contribution is -2.40. The molecular formula is C24H32N2O5S2. The van der Waals surface area contributed by atoms with Crippen molar-refractivity contribution in [3.05, 3.63) is 59.2 Å². The fraction of sp³-hybridized carbons (Fsp3) is 0.458. The van der Waals surface area contributed by atoms with Gasteiger partial charge in [0, 0.05) is 37.6 Å². The Labute approximate surface area is 200 Å². The molecule has 0 bridgehead atoms. The summed E-state index contributed by atoms with van der Waals surface area (Å²) in [5.41, 5.74) is 3.24. The van der Waals surface area contributed by atoms with Crippen molar-refractivity contribution in [3.8, 4) is 5.75 Å². The van der Waals surface area contributed by atoms with E-state index in [2.05, 4.69) is 36.5 Å². The van der Waals surface area contributed by atoms with Crippen LogP contribution in [-0.4, -0.2) is 64.3 Å². The van der Waals surface area contributed by atoms with E-state index < -0.39 is 10.0 Å². The average Bonchev–Trinajstić information content (AvgIpc) is 2.83. The first-order chi connectivity index (χ1) is 15.9. The summed E-state index contributed by atoms with van der Waals surface area (Å²) in [6, 6.07) is 13.3. The highest BCUT2D eigenvalue weighted by atomic mass is 32.2. The first-order valence-electron chi connectivity index (χ1n) is 11.0. The number of carbonyl (C=O) groups is 1. The molecule has 1 saturated heterocycles. The molecule has 1 heterocycles. The summed E-state index contributed by atoms with van der Waals surface area (Å²) < 4.78 is 38.0. The van der Waals surface area contributed by atoms with E-state index in [1.165, 1.54) is 15.4 Å². The van der Waals surface area contributed by atoms with Crippen LogP contribution in [0.2, 0.25) is 0 Å². The number of nitrogens with one attached hydrogen (secondary N) is 1. The maximum atomic E-state index is 12.9. The minimum Gasteiger partial charge on any atom is -0.496 e. The number of methoxy groups -OCH3 is 1. The van der Waals surface area contributed by atoms with Gasteiger partial charge in [-0.15, -0.1) is 0 Å². The Morgan fingerprint density at radius 3 is 2.70 bits per heavy atom. The number of amides is 1. The first-order valence-corrected chi connectivity index (χ1v) is 13.6. The summed E-state index contributed by atoms with van der Waals surface area (Å²) in [4.78, 5) is 12.5. The maximum Gasteiger partial charge on any atom is 0.243 e. The van der Waals surface area contributed by atoms with Gasteiger partial charge in [0.25, 0.3) is 0 Å². The van der Waals surface area contributed by atoms with Crippen LogP contribution in [0.1, 0.15) is 23.1 Å². The lowest BCUT2D eigenvalue weighted by molar-refractivity contribution is -0.120. The molecule has 9 heteroatoms. The predicted molar refractivity (Wildman–Crippen MR) is 131 cm³/mol. The number of rotatable bonds is 11. The van der Waals surface area contributed by atoms with Gasteiger partial charge < -0.3 is 14.8 Å². The van der Waals surface area contributed by atoms with Crippen LogP contribution in [0, 0.1) is 6.92 Å². The molecule has 0 saturated carbocycles. The number of hydrogen-bond donors (Lipinski definition) is 1. The average molecular weight is 493 g/mol. The van der Waals surface area contributed by atoms with Crippen LogP contribution in [0.3, 0.4) is 0 Å². The lowest BCUT2D eigenvalue weighted by Gasteiger charge is -2.26. The summed E-state index contributed by atoms with van der Waals surface area (Å²) in [6.45, 7) is 4.15. The van der Waals surface area contributed by atoms with Crippen molar-refractivity contribution < 1.29 is 22.7 Å². The molecule has 2 aromatic rings. The molecule has 0 aliphatic carbocycles. The van der Waals surface area contributed by atoms with Crippen molar-refractivity contribution in [2.24, 2.45) is 0 Å². The molecule has 2 aromatic carbocycles. The summed E-state index contributed by atoms with van der Waals surface area (Å²) in [5, 5.41) is 2.94. The predicted octanol–water partition coefficient (Wildman–Crippen LogP) is 3.01. The largest absolute Gasteiger partial charge is 0.496 e. The Hall–Kier alpha value is -2.07. The van der Waals surface area contributed by atoms with Gasteiger partial charge in [-0.3, -0.25) is 4.79 Å². The summed E-state index contributed by atoms with van der Waals surface area (Å²) in [5.74, 6) is 2.27. The molecule has 1 aliphatic heterocycles. The molecule has 3 rings (SSSR count). The SMILES string of the molecule is COc1ccc(S(=O)(=O)N2CCOCC2)cc1CCC(=O)NCCSCc1cccc(C)c1. The molecule has 1 fully saturated rings. The zero-order valence-electron chi connectivity index (χ0n) is 19.2. The second-order valence-corrected chi connectivity index (χ2v) is 10.9. The molecule has 0 spiro atoms. The van der Waals surface area contributed by atoms with E-state index in [4.69, 9.17) is 9.47 Å². The standard InChI is InChI=1S/C24H32N2O5S2/c1-19-4-3-5-20(16-19)18-32-15-10-25-24(27)9-6-21-17-22(7-8-23(21)30-2)33(28,29)26-11-13-31-14-12-26/h3-5,7-8,16-17H,6,9-15,18H2,1-2H3,(H,25,27). The monoisotopic (exact) mass is 492 g/mol. The summed E-state index contributed by atoms with van der Waals surface area (Å²) in [7, 11) is -2.06. The number of morpholine rings is 1. The minimum atomic E-state index is -3.60. The highest BCUT2D eigenvalue weighted by Crippen LogP contribution is 2.26. The second kappa shape index (κ2) is 12.4. The topological polar surface area (TPSA) is 84.9 Å². The molecule has 7 nitrogen and oxygen atoms in total. The van der Waals surface area contributed by atoms with Crippen molar-refractivity contribution in [1.82, 2.24) is 9.62 Å². The smallest absolute Gasteiger partial charge is 0.243 e. The fourth-order valence-electron chi connectivity index (χ4n) is 3.64. The third kappa shape index (κ3) is 7.46. The van der Waals surface area contributed by atoms with Gasteiger partial charge in [-0.05, 0) is 42.7 Å². The molecule has 1 amide bonds. The second-order valence-electron chi connectivity index (χ2n) is 7.88. The molecule has 0 unspecified atom stereocenters. The molecule has 0 radical (unpaired) electrons. The van der Waals surface area contributed by atoms with E-state index in [0.717, 1.165) is 11.5 Å². The maximum absolute atomic E-state index is 12.9. The molecule has 1 N–H and O–H groups in total. The molecule has 180 valence electrons. The van der Waals surface area contributed by atoms with E-state index in [1.807, 2.05) is 0 Å². The molecule has 0 aromatic heterocycles. The van der Waals surface area contributed by atoms with Gasteiger partial charge in [0.05, 0.1) is 25.2 Å². The van der Waals surface area contributed by atoms with E-state index in [-0.39, 0.29) is 17.2 Å². The van der Waals surface area contributed by atoms with E-state index in [1.54, 1.807) is 37.1 Å². The number of hydrogen-bond acceptors (Lipinski definition) is 6. The molecule has 33 heavy (non-hydrogen) atoms. The van der Waals surface area contributed by atoms with Crippen molar-refractivity contribution in [2.45, 2.75) is 30.4 Å². The van der Waals surface area contributed by atoms with Gasteiger partial charge in [-0.2, -0.15) is 16.1 Å². The molecular weight excluding hydrogens is 460 g/mol. The van der Waals surface area contributed by atoms with Gasteiger partial charge in [0.2, 0.25) is 15.9 Å². The number of aryl methyl sites for hydroxylation is 2. The lowest BCUT2D eigenvalue weighted by atomic mass is 10.1. The Bertz CT molecular complexity index is 1040. The van der Waals surface area contributed by atoms with Crippen LogP contribution in [0.5, 0.6) is 5.75 Å². The van der Waals surface area contributed by atoms with Gasteiger partial charge >= 0.3 is 0 Å². The number of sulfonamides is 1. The summed E-state index contributed by atoms with van der Waals surface area (Å²) in [6.07, 6.45) is 0.665. The van der Waals surface area contributed by atoms with E-state index in [9.17, 15) is 13.2 Å². The molecule has 0 atom stereocenters. The Morgan fingerprint density at radius 1 is 1.18 bits per heavy atom. The highest BCUT2D eigenvalue weighted by Gasteiger charge is 2.27. The van der Waals surface area contributed by atoms with Gasteiger partial charge in [0.1, 0.15) is 5.75 Å². The third-order valence-electron chi connectivity index (χ3n) is 5.40. The minimum absolute atomic E-state index is 0.0605. The number of benzene rings is 2. The fourth-order valence-corrected chi connectivity index (χ4v) is 5.90. The molecule has 1 aliphatic rings. The van der Waals surface area contributed by atoms with Gasteiger partial charge in [-0.1, -0.05) is 29.8 Å². The Morgan fingerprint density at radius 2 is 1.97 bits per heavy atom. The third-order valence-corrected chi connectivity index (χ3v) is 8.33. The number of ether oxygens (including phenoxy) is 2. The van der Waals surface area contributed by atoms with Crippen LogP contribution in [0.15, 0.2) is 47.4 Å². The normalized spacial score (nSPS) is 14.7. The van der Waals surface area contributed by atoms with E-state index >= 15 is 0 Å². The van der Waals surface area contributed by atoms with Crippen molar-refractivity contribution in [3.63, 3.8) is 0 Å². The Kier molecular flexibility index (Phi) is 9.61. The zero-order chi connectivity index (χ0) is 23.7. The number of carbonyl (C=O) groups excluding carboxylic acids is 1. The van der Waals surface area contributed by atoms with Crippen LogP contribution < -0.4 is 10.1 Å². The van der Waals surface area contributed by atoms with Gasteiger partial charge in [0.15, 0.2) is 0 Å². The quantitative estimate of drug-likeness (QED) is 0.486. The highest BCUT2D eigenvalue weighted by molar-refractivity contribution is 7.98. The Balaban J connectivity index is 1.49. The zero-order valence-corrected chi connectivity index (χ0v) is 20.8. The van der Waals surface area contributed by atoms with Crippen molar-refractivity contribution in [2.75, 3.05) is 45.7 Å². The van der Waals surface area contributed by atoms with Crippen LogP contribution in [-0.2, 0) is 31.7 Å². The van der Waals surface area contributed by atoms with Crippen molar-refractivity contribution in [1.29, 1.82) is 0 Å². The van der Waals surface area contributed by atoms with Gasteiger partial charge in [-0.25, -0.2) is 8.42 Å². The van der Waals surface area contributed by atoms with E-state index in [0.29, 0.717) is 50.6 Å². The van der Waals surface area contributed by atoms with Crippen molar-refractivity contribution >= 4 is 27.7 Å².